The predicted octanol–water partition coefficient (Wildman–Crippen LogP) is 4.61. The van der Waals surface area contributed by atoms with Gasteiger partial charge in [-0.3, -0.25) is 4.79 Å². The minimum Gasteiger partial charge on any atom is -0.387 e. The highest BCUT2D eigenvalue weighted by Crippen LogP contribution is 2.47. The summed E-state index contributed by atoms with van der Waals surface area (Å²) in [5.74, 6) is -3.60. The zero-order valence-corrected chi connectivity index (χ0v) is 16.3. The van der Waals surface area contributed by atoms with E-state index in [0.29, 0.717) is 27.3 Å². The molecule has 4 nitrogen and oxygen atoms in total. The van der Waals surface area contributed by atoms with Gasteiger partial charge < -0.3 is 5.73 Å². The van der Waals surface area contributed by atoms with E-state index in [4.69, 9.17) is 11.0 Å². The van der Waals surface area contributed by atoms with Crippen LogP contribution in [-0.2, 0) is 16.3 Å². The highest BCUT2D eigenvalue weighted by Gasteiger charge is 2.52. The van der Waals surface area contributed by atoms with E-state index >= 15 is 0 Å². The first-order chi connectivity index (χ1) is 13.1. The van der Waals surface area contributed by atoms with Crippen molar-refractivity contribution in [2.45, 2.75) is 31.7 Å². The number of halogens is 2. The van der Waals surface area contributed by atoms with E-state index in [-0.39, 0.29) is 17.2 Å². The normalized spacial score (nSPS) is 22.0. The van der Waals surface area contributed by atoms with E-state index < -0.39 is 17.4 Å². The third-order valence-electron chi connectivity index (χ3n) is 5.00. The molecule has 0 aliphatic carbocycles. The largest absolute Gasteiger partial charge is 0.387 e. The number of nitrogens with two attached hydrogens (primary N) is 1. The molecule has 2 aromatic rings. The molecule has 0 radical (unpaired) electrons. The van der Waals surface area contributed by atoms with Gasteiger partial charge in [-0.1, -0.05) is 37.8 Å². The van der Waals surface area contributed by atoms with E-state index in [1.807, 2.05) is 6.92 Å². The molecule has 1 aromatic carbocycles. The van der Waals surface area contributed by atoms with Gasteiger partial charge in [0.15, 0.2) is 11.3 Å². The Balaban J connectivity index is 2.18. The molecule has 2 atom stereocenters. The van der Waals surface area contributed by atoms with Gasteiger partial charge in [0, 0.05) is 22.9 Å². The number of thiophene rings is 1. The molecule has 0 fully saturated rings. The molecule has 7 heteroatoms. The van der Waals surface area contributed by atoms with Crippen molar-refractivity contribution in [2.24, 2.45) is 16.6 Å². The Labute approximate surface area is 166 Å². The van der Waals surface area contributed by atoms with Crippen molar-refractivity contribution in [3.63, 3.8) is 0 Å². The summed E-state index contributed by atoms with van der Waals surface area (Å²) in [6.07, 6.45) is 0.474. The molecule has 2 heterocycles. The molecule has 1 aliphatic heterocycles. The number of carbonyl (C=O) groups is 1. The van der Waals surface area contributed by atoms with E-state index in [2.05, 4.69) is 17.6 Å². The molecule has 2 N–H and O–H groups in total. The first-order valence-corrected chi connectivity index (χ1v) is 9.54. The second-order valence-electron chi connectivity index (χ2n) is 6.79. The molecule has 1 aliphatic rings. The summed E-state index contributed by atoms with van der Waals surface area (Å²) in [6.45, 7) is 6.75. The van der Waals surface area contributed by atoms with Crippen molar-refractivity contribution < 1.29 is 13.6 Å². The van der Waals surface area contributed by atoms with Crippen molar-refractivity contribution >= 4 is 28.5 Å². The van der Waals surface area contributed by atoms with Gasteiger partial charge in [-0.25, -0.2) is 13.8 Å². The van der Waals surface area contributed by atoms with Crippen LogP contribution in [0, 0.1) is 17.2 Å². The number of aliphatic imine (C=N–C) groups is 1. The summed E-state index contributed by atoms with van der Waals surface area (Å²) >= 11 is 1.20. The van der Waals surface area contributed by atoms with Crippen molar-refractivity contribution in [2.75, 3.05) is 0 Å². The Morgan fingerprint density at radius 3 is 2.46 bits per heavy atom. The average molecular weight is 399 g/mol. The SMILES string of the molecule is C=C(c1ccc(C#N)s1)C1(c2ccc(C(C)(F)F)cc2)N=C(N)C(CC)C1=O. The molecule has 28 heavy (non-hydrogen) atoms. The van der Waals surface area contributed by atoms with Gasteiger partial charge >= 0.3 is 0 Å². The van der Waals surface area contributed by atoms with Gasteiger partial charge in [0.05, 0.1) is 5.92 Å². The van der Waals surface area contributed by atoms with Crippen LogP contribution in [0.15, 0.2) is 48.0 Å². The number of benzene rings is 1. The fourth-order valence-electron chi connectivity index (χ4n) is 3.45. The fraction of sp³-hybridized carbons (Fsp3) is 0.286. The van der Waals surface area contributed by atoms with Crippen LogP contribution in [-0.4, -0.2) is 11.6 Å². The van der Waals surface area contributed by atoms with E-state index in [9.17, 15) is 13.6 Å². The highest BCUT2D eigenvalue weighted by atomic mass is 32.1. The zero-order chi connectivity index (χ0) is 20.7. The Hall–Kier alpha value is -2.85. The van der Waals surface area contributed by atoms with Crippen LogP contribution in [0.1, 0.15) is 41.1 Å². The van der Waals surface area contributed by atoms with Crippen LogP contribution in [0.2, 0.25) is 0 Å². The third-order valence-corrected chi connectivity index (χ3v) is 6.04. The average Bonchev–Trinajstić information content (AvgIpc) is 3.23. The number of hydrogen-bond acceptors (Lipinski definition) is 5. The van der Waals surface area contributed by atoms with E-state index in [1.165, 1.54) is 35.6 Å². The molecule has 2 unspecified atom stereocenters. The number of alkyl halides is 2. The van der Waals surface area contributed by atoms with E-state index in [0.717, 1.165) is 6.92 Å². The van der Waals surface area contributed by atoms with Gasteiger partial charge in [0.1, 0.15) is 16.8 Å². The monoisotopic (exact) mass is 399 g/mol. The van der Waals surface area contributed by atoms with Crippen LogP contribution in [0.5, 0.6) is 0 Å². The Morgan fingerprint density at radius 1 is 1.36 bits per heavy atom. The molecule has 0 spiro atoms. The predicted molar refractivity (Wildman–Crippen MR) is 106 cm³/mol. The molecule has 144 valence electrons. The van der Waals surface area contributed by atoms with Crippen molar-refractivity contribution in [1.29, 1.82) is 5.26 Å². The van der Waals surface area contributed by atoms with Crippen LogP contribution in [0.25, 0.3) is 5.57 Å². The summed E-state index contributed by atoms with van der Waals surface area (Å²) < 4.78 is 27.2. The topological polar surface area (TPSA) is 79.2 Å². The smallest absolute Gasteiger partial charge is 0.270 e. The van der Waals surface area contributed by atoms with Gasteiger partial charge in [-0.15, -0.1) is 11.3 Å². The van der Waals surface area contributed by atoms with Gasteiger partial charge in [-0.05, 0) is 24.1 Å². The van der Waals surface area contributed by atoms with Gasteiger partial charge in [0.2, 0.25) is 0 Å². The summed E-state index contributed by atoms with van der Waals surface area (Å²) in [7, 11) is 0. The Bertz CT molecular complexity index is 1010. The van der Waals surface area contributed by atoms with Gasteiger partial charge in [0.25, 0.3) is 5.92 Å². The van der Waals surface area contributed by atoms with Crippen LogP contribution in [0.3, 0.4) is 0 Å². The third kappa shape index (κ3) is 3.04. The maximum Gasteiger partial charge on any atom is 0.270 e. The molecule has 3 rings (SSSR count). The summed E-state index contributed by atoms with van der Waals surface area (Å²) in [5.41, 5.74) is 5.24. The summed E-state index contributed by atoms with van der Waals surface area (Å²) in [4.78, 5) is 19.0. The number of rotatable bonds is 5. The second kappa shape index (κ2) is 6.95. The zero-order valence-electron chi connectivity index (χ0n) is 15.5. The molecule has 1 aromatic heterocycles. The van der Waals surface area contributed by atoms with E-state index in [1.54, 1.807) is 12.1 Å². The lowest BCUT2D eigenvalue weighted by molar-refractivity contribution is -0.123. The van der Waals surface area contributed by atoms with Crippen molar-refractivity contribution in [3.8, 4) is 6.07 Å². The molecular weight excluding hydrogens is 380 g/mol. The first kappa shape index (κ1) is 19.9. The van der Waals surface area contributed by atoms with Gasteiger partial charge in [-0.2, -0.15) is 5.26 Å². The molecule has 0 saturated carbocycles. The standard InChI is InChI=1S/C21H19F2N3OS/c1-4-16-18(27)21(26-19(16)25,12(2)17-10-9-15(11-24)28-17)14-7-5-13(6-8-14)20(3,22)23/h5-10,16H,2,4H2,1,3H3,(H2,25,26). The number of amidine groups is 1. The second-order valence-corrected chi connectivity index (χ2v) is 7.88. The van der Waals surface area contributed by atoms with Crippen molar-refractivity contribution in [1.82, 2.24) is 0 Å². The van der Waals surface area contributed by atoms with Crippen LogP contribution < -0.4 is 5.73 Å². The maximum atomic E-state index is 13.6. The van der Waals surface area contributed by atoms with Crippen molar-refractivity contribution in [3.05, 3.63) is 63.9 Å². The fourth-order valence-corrected chi connectivity index (χ4v) is 4.27. The Kier molecular flexibility index (Phi) is 4.94. The molecule has 0 bridgehead atoms. The number of nitrogens with zero attached hydrogens (tertiary/aromatic N) is 2. The lowest BCUT2D eigenvalue weighted by atomic mass is 9.76. The minimum atomic E-state index is -2.99. The molecular formula is C21H19F2N3OS. The quantitative estimate of drug-likeness (QED) is 0.798. The molecule has 0 amide bonds. The first-order valence-electron chi connectivity index (χ1n) is 8.73. The van der Waals surface area contributed by atoms with Crippen LogP contribution >= 0.6 is 11.3 Å². The minimum absolute atomic E-state index is 0.158. The summed E-state index contributed by atoms with van der Waals surface area (Å²) in [5, 5.41) is 9.11. The number of nitriles is 1. The highest BCUT2D eigenvalue weighted by molar-refractivity contribution is 7.13. The number of ketones is 1. The number of hydrogen-bond donors (Lipinski definition) is 1. The lowest BCUT2D eigenvalue weighted by Gasteiger charge is -2.28. The maximum absolute atomic E-state index is 13.6. The number of carbonyl (C=O) groups excluding carboxylic acids is 1. The van der Waals surface area contributed by atoms with Crippen LogP contribution in [0.4, 0.5) is 8.78 Å². The Morgan fingerprint density at radius 2 is 2.00 bits per heavy atom. The lowest BCUT2D eigenvalue weighted by Crippen LogP contribution is -2.35. The summed E-state index contributed by atoms with van der Waals surface area (Å²) in [6, 6.07) is 10.9. The molecule has 0 saturated heterocycles. The number of Topliss-reactive ketones (excluding diaryl/α,β-unsaturated/α-hetero) is 1.